The molecule has 0 fully saturated rings. The van der Waals surface area contributed by atoms with Crippen LogP contribution in [0.5, 0.6) is 0 Å². The molecule has 0 spiro atoms. The van der Waals surface area contributed by atoms with E-state index in [1.807, 2.05) is 24.3 Å². The van der Waals surface area contributed by atoms with Gasteiger partial charge < -0.3 is 9.97 Å². The van der Waals surface area contributed by atoms with Gasteiger partial charge in [0.05, 0.1) is 22.1 Å². The smallest absolute Gasteiger partial charge is 0.277 e. The number of para-hydroxylation sites is 4. The molecule has 2 aromatic heterocycles. The number of H-pyrrole nitrogens is 2. The molecule has 25 heavy (non-hydrogen) atoms. The molecule has 0 aliphatic rings. The second-order valence-corrected chi connectivity index (χ2v) is 5.25. The Kier molecular flexibility index (Phi) is 4.47. The molecule has 7 nitrogen and oxygen atoms in total. The third-order valence-electron chi connectivity index (χ3n) is 3.51. The summed E-state index contributed by atoms with van der Waals surface area (Å²) in [5, 5.41) is 0. The van der Waals surface area contributed by atoms with E-state index in [1.54, 1.807) is 31.2 Å². The lowest BCUT2D eigenvalue weighted by atomic mass is 10.3. The van der Waals surface area contributed by atoms with Crippen molar-refractivity contribution in [1.82, 2.24) is 19.9 Å². The van der Waals surface area contributed by atoms with Crippen LogP contribution in [0, 0.1) is 6.92 Å². The summed E-state index contributed by atoms with van der Waals surface area (Å²) < 4.78 is 0. The Bertz CT molecular complexity index is 1180. The van der Waals surface area contributed by atoms with Crippen LogP contribution in [0.4, 0.5) is 0 Å². The Hall–Kier alpha value is -3.61. The van der Waals surface area contributed by atoms with Gasteiger partial charge in [0.25, 0.3) is 11.1 Å². The van der Waals surface area contributed by atoms with Crippen molar-refractivity contribution in [3.63, 3.8) is 0 Å². The van der Waals surface area contributed by atoms with Gasteiger partial charge in [-0.1, -0.05) is 24.3 Å². The van der Waals surface area contributed by atoms with Crippen LogP contribution >= 0.6 is 0 Å². The van der Waals surface area contributed by atoms with Crippen molar-refractivity contribution in [2.45, 2.75) is 6.92 Å². The van der Waals surface area contributed by atoms with E-state index in [1.165, 1.54) is 0 Å². The number of benzene rings is 2. The van der Waals surface area contributed by atoms with E-state index >= 15 is 0 Å². The second kappa shape index (κ2) is 6.88. The zero-order valence-corrected chi connectivity index (χ0v) is 13.3. The summed E-state index contributed by atoms with van der Waals surface area (Å²) in [6.07, 6.45) is 0.450. The first-order valence-electron chi connectivity index (χ1n) is 7.48. The van der Waals surface area contributed by atoms with Crippen LogP contribution in [0.1, 0.15) is 16.2 Å². The molecule has 0 radical (unpaired) electrons. The summed E-state index contributed by atoms with van der Waals surface area (Å²) in [6.45, 7) is 1.70. The molecule has 7 heteroatoms. The number of hydrogen-bond acceptors (Lipinski definition) is 5. The molecule has 0 aliphatic heterocycles. The summed E-state index contributed by atoms with van der Waals surface area (Å²) in [5.41, 5.74) is 2.72. The van der Waals surface area contributed by atoms with Crippen LogP contribution < -0.4 is 11.1 Å². The van der Waals surface area contributed by atoms with Gasteiger partial charge >= 0.3 is 0 Å². The minimum atomic E-state index is -0.450. The number of nitrogens with zero attached hydrogens (tertiary/aromatic N) is 2. The Morgan fingerprint density at radius 2 is 1.32 bits per heavy atom. The number of nitrogens with one attached hydrogen (secondary N) is 2. The molecule has 2 aromatic carbocycles. The molecule has 0 bridgehead atoms. The quantitative estimate of drug-likeness (QED) is 0.517. The predicted molar refractivity (Wildman–Crippen MR) is 94.9 cm³/mol. The van der Waals surface area contributed by atoms with Gasteiger partial charge in [-0.3, -0.25) is 14.4 Å². The highest BCUT2D eigenvalue weighted by Crippen LogP contribution is 2.05. The Morgan fingerprint density at radius 1 is 0.800 bits per heavy atom. The van der Waals surface area contributed by atoms with Crippen molar-refractivity contribution in [2.24, 2.45) is 0 Å². The first-order chi connectivity index (χ1) is 12.1. The molecule has 0 unspecified atom stereocenters. The van der Waals surface area contributed by atoms with Crippen LogP contribution in [0.2, 0.25) is 0 Å². The first kappa shape index (κ1) is 16.3. The van der Waals surface area contributed by atoms with E-state index in [4.69, 9.17) is 0 Å². The minimum absolute atomic E-state index is 0.0845. The van der Waals surface area contributed by atoms with Gasteiger partial charge in [-0.15, -0.1) is 0 Å². The number of carbonyl (C=O) groups excluding carboxylic acids is 1. The number of rotatable bonds is 1. The maximum Gasteiger partial charge on any atom is 0.277 e. The number of aryl methyl sites for hydroxylation is 1. The average Bonchev–Trinajstić information content (AvgIpc) is 2.62. The summed E-state index contributed by atoms with van der Waals surface area (Å²) in [7, 11) is 0. The summed E-state index contributed by atoms with van der Waals surface area (Å²) in [6, 6.07) is 14.5. The van der Waals surface area contributed by atoms with Crippen molar-refractivity contribution in [2.75, 3.05) is 0 Å². The molecule has 4 aromatic rings. The van der Waals surface area contributed by atoms with Crippen molar-refractivity contribution in [3.05, 3.63) is 80.6 Å². The third kappa shape index (κ3) is 3.50. The molecule has 0 saturated carbocycles. The van der Waals surface area contributed by atoms with Crippen molar-refractivity contribution in [3.8, 4) is 0 Å². The van der Waals surface area contributed by atoms with E-state index in [-0.39, 0.29) is 11.3 Å². The van der Waals surface area contributed by atoms with E-state index in [2.05, 4.69) is 19.9 Å². The fourth-order valence-corrected chi connectivity index (χ4v) is 2.24. The predicted octanol–water partition coefficient (Wildman–Crippen LogP) is 1.97. The minimum Gasteiger partial charge on any atom is -0.319 e. The summed E-state index contributed by atoms with van der Waals surface area (Å²) >= 11 is 0. The molecule has 2 heterocycles. The van der Waals surface area contributed by atoms with Gasteiger partial charge in [-0.05, 0) is 31.2 Å². The SMILES string of the molecule is Cc1nc2ccccc2[nH]c1=O.O=Cc1nc2ccccc2[nH]c1=O. The summed E-state index contributed by atoms with van der Waals surface area (Å²) in [5.74, 6) is 0. The van der Waals surface area contributed by atoms with Gasteiger partial charge in [0.1, 0.15) is 5.69 Å². The normalized spacial score (nSPS) is 10.3. The first-order valence-corrected chi connectivity index (χ1v) is 7.48. The lowest BCUT2D eigenvalue weighted by Gasteiger charge is -1.96. The fourth-order valence-electron chi connectivity index (χ4n) is 2.24. The average molecular weight is 334 g/mol. The largest absolute Gasteiger partial charge is 0.319 e. The molecular formula is C18H14N4O3. The zero-order valence-electron chi connectivity index (χ0n) is 13.3. The Labute approximate surface area is 141 Å². The number of aromatic amines is 2. The van der Waals surface area contributed by atoms with Gasteiger partial charge in [0.15, 0.2) is 12.0 Å². The summed E-state index contributed by atoms with van der Waals surface area (Å²) in [4.78, 5) is 45.9. The number of hydrogen-bond donors (Lipinski definition) is 2. The molecular weight excluding hydrogens is 320 g/mol. The highest BCUT2D eigenvalue weighted by molar-refractivity contribution is 5.79. The van der Waals surface area contributed by atoms with Crippen LogP contribution in [0.25, 0.3) is 22.1 Å². The van der Waals surface area contributed by atoms with Crippen LogP contribution in [0.3, 0.4) is 0 Å². The van der Waals surface area contributed by atoms with Crippen LogP contribution in [-0.2, 0) is 0 Å². The van der Waals surface area contributed by atoms with Crippen LogP contribution in [-0.4, -0.2) is 26.2 Å². The molecule has 0 saturated heterocycles. The molecule has 0 amide bonds. The molecule has 2 N–H and O–H groups in total. The van der Waals surface area contributed by atoms with Gasteiger partial charge in [0.2, 0.25) is 0 Å². The van der Waals surface area contributed by atoms with E-state index < -0.39 is 5.56 Å². The van der Waals surface area contributed by atoms with E-state index in [9.17, 15) is 14.4 Å². The van der Waals surface area contributed by atoms with Gasteiger partial charge in [-0.25, -0.2) is 9.97 Å². The van der Waals surface area contributed by atoms with Crippen molar-refractivity contribution in [1.29, 1.82) is 0 Å². The monoisotopic (exact) mass is 334 g/mol. The number of aldehydes is 1. The number of carbonyl (C=O) groups is 1. The topological polar surface area (TPSA) is 109 Å². The number of aromatic nitrogens is 4. The highest BCUT2D eigenvalue weighted by atomic mass is 16.1. The molecule has 124 valence electrons. The maximum absolute atomic E-state index is 11.1. The van der Waals surface area contributed by atoms with Crippen LogP contribution in [0.15, 0.2) is 58.1 Å². The maximum atomic E-state index is 11.1. The molecule has 0 atom stereocenters. The standard InChI is InChI=1S/C9H6N2O2.C9H8N2O/c12-5-8-9(13)11-7-4-2-1-3-6(7)10-8;1-6-9(12)11-8-5-3-2-4-7(8)10-6/h1-5H,(H,11,13);2-5H,1H3,(H,11,12). The molecule has 0 aliphatic carbocycles. The van der Waals surface area contributed by atoms with E-state index in [0.29, 0.717) is 23.0 Å². The van der Waals surface area contributed by atoms with Gasteiger partial charge in [0, 0.05) is 0 Å². The Morgan fingerprint density at radius 3 is 1.92 bits per heavy atom. The van der Waals surface area contributed by atoms with E-state index in [0.717, 1.165) is 11.0 Å². The van der Waals surface area contributed by atoms with Crippen molar-refractivity contribution >= 4 is 28.4 Å². The highest BCUT2D eigenvalue weighted by Gasteiger charge is 2.01. The zero-order chi connectivity index (χ0) is 17.8. The lowest BCUT2D eigenvalue weighted by molar-refractivity contribution is 0.111. The second-order valence-electron chi connectivity index (χ2n) is 5.25. The third-order valence-corrected chi connectivity index (χ3v) is 3.51. The lowest BCUT2D eigenvalue weighted by Crippen LogP contribution is -2.13. The van der Waals surface area contributed by atoms with Gasteiger partial charge in [-0.2, -0.15) is 0 Å². The Balaban J connectivity index is 0.000000146. The van der Waals surface area contributed by atoms with Crippen molar-refractivity contribution < 1.29 is 4.79 Å². The molecule has 4 rings (SSSR count). The fraction of sp³-hybridized carbons (Fsp3) is 0.0556. The number of fused-ring (bicyclic) bond motifs is 2.